The van der Waals surface area contributed by atoms with Gasteiger partial charge in [-0.3, -0.25) is 0 Å². The third kappa shape index (κ3) is 1.24. The minimum atomic E-state index is -1.41. The zero-order valence-electron chi connectivity index (χ0n) is 9.66. The second kappa shape index (κ2) is 2.95. The van der Waals surface area contributed by atoms with E-state index in [1.165, 1.54) is 17.5 Å². The predicted octanol–water partition coefficient (Wildman–Crippen LogP) is 3.53. The lowest BCUT2D eigenvalue weighted by Crippen LogP contribution is -2.30. The Kier molecular flexibility index (Phi) is 1.89. The average Bonchev–Trinajstić information content (AvgIpc) is 2.65. The molecule has 0 aromatic heterocycles. The minimum absolute atomic E-state index is 0.415. The van der Waals surface area contributed by atoms with Crippen LogP contribution in [0.15, 0.2) is 24.3 Å². The first kappa shape index (κ1) is 9.61. The summed E-state index contributed by atoms with van der Waals surface area (Å²) in [5, 5.41) is 0. The van der Waals surface area contributed by atoms with Gasteiger partial charge in [0.05, 0.1) is 6.10 Å². The maximum absolute atomic E-state index is 6.35. The van der Waals surface area contributed by atoms with Gasteiger partial charge >= 0.3 is 0 Å². The zero-order valence-corrected chi connectivity index (χ0v) is 10.7. The van der Waals surface area contributed by atoms with E-state index in [0.29, 0.717) is 6.10 Å². The van der Waals surface area contributed by atoms with Gasteiger partial charge in [0.15, 0.2) is 8.32 Å². The Morgan fingerprint density at radius 3 is 2.80 bits per heavy atom. The van der Waals surface area contributed by atoms with E-state index in [1.807, 2.05) is 0 Å². The van der Waals surface area contributed by atoms with E-state index < -0.39 is 8.32 Å². The van der Waals surface area contributed by atoms with Crippen molar-refractivity contribution in [3.8, 4) is 0 Å². The molecule has 1 aromatic rings. The molecular formula is C13H18OSi. The molecule has 0 amide bonds. The van der Waals surface area contributed by atoms with Crippen LogP contribution in [0.25, 0.3) is 0 Å². The van der Waals surface area contributed by atoms with Crippen LogP contribution in [0.5, 0.6) is 0 Å². The van der Waals surface area contributed by atoms with Crippen LogP contribution >= 0.6 is 0 Å². The molecule has 1 heterocycles. The monoisotopic (exact) mass is 218 g/mol. The molecule has 0 saturated carbocycles. The molecule has 80 valence electrons. The molecule has 1 fully saturated rings. The summed E-state index contributed by atoms with van der Waals surface area (Å²) >= 11 is 0. The van der Waals surface area contributed by atoms with Crippen molar-refractivity contribution in [1.29, 1.82) is 0 Å². The molecule has 1 aliphatic carbocycles. The van der Waals surface area contributed by atoms with Crippen LogP contribution in [0, 0.1) is 5.92 Å². The molecule has 1 unspecified atom stereocenters. The van der Waals surface area contributed by atoms with Crippen LogP contribution in [0.1, 0.15) is 24.2 Å². The second-order valence-corrected chi connectivity index (χ2v) is 9.85. The summed E-state index contributed by atoms with van der Waals surface area (Å²) in [5.74, 6) is 0.754. The standard InChI is InChI=1S/C13H18OSi/c1-9-12-8-10-6-4-5-7-11(10)13(12)14-15(9,2)3/h4-7,9,12-13H,8H2,1-3H3/t9?,12-,13+/m0/s1. The van der Waals surface area contributed by atoms with Gasteiger partial charge in [0.2, 0.25) is 0 Å². The third-order valence-corrected chi connectivity index (χ3v) is 7.86. The molecule has 1 aromatic carbocycles. The maximum Gasteiger partial charge on any atom is 0.190 e. The highest BCUT2D eigenvalue weighted by molar-refractivity contribution is 6.73. The van der Waals surface area contributed by atoms with Crippen molar-refractivity contribution in [2.75, 3.05) is 0 Å². The van der Waals surface area contributed by atoms with Gasteiger partial charge in [-0.2, -0.15) is 0 Å². The van der Waals surface area contributed by atoms with Gasteiger partial charge in [-0.25, -0.2) is 0 Å². The van der Waals surface area contributed by atoms with E-state index >= 15 is 0 Å². The van der Waals surface area contributed by atoms with Crippen molar-refractivity contribution in [2.24, 2.45) is 5.92 Å². The van der Waals surface area contributed by atoms with E-state index in [-0.39, 0.29) is 0 Å². The number of rotatable bonds is 0. The van der Waals surface area contributed by atoms with Crippen molar-refractivity contribution in [1.82, 2.24) is 0 Å². The molecule has 3 rings (SSSR count). The molecule has 2 aliphatic rings. The quantitative estimate of drug-likeness (QED) is 0.605. The van der Waals surface area contributed by atoms with Crippen molar-refractivity contribution in [2.45, 2.75) is 38.1 Å². The van der Waals surface area contributed by atoms with E-state index in [4.69, 9.17) is 4.43 Å². The molecule has 1 saturated heterocycles. The molecule has 0 N–H and O–H groups in total. The lowest BCUT2D eigenvalue weighted by molar-refractivity contribution is 0.193. The molecule has 15 heavy (non-hydrogen) atoms. The minimum Gasteiger partial charge on any atom is -0.410 e. The van der Waals surface area contributed by atoms with E-state index in [9.17, 15) is 0 Å². The third-order valence-electron chi connectivity index (χ3n) is 4.38. The predicted molar refractivity (Wildman–Crippen MR) is 64.4 cm³/mol. The molecule has 0 bridgehead atoms. The molecule has 3 atom stereocenters. The summed E-state index contributed by atoms with van der Waals surface area (Å²) in [4.78, 5) is 0. The Morgan fingerprint density at radius 1 is 1.27 bits per heavy atom. The highest BCUT2D eigenvalue weighted by atomic mass is 28.4. The first-order chi connectivity index (χ1) is 7.09. The Morgan fingerprint density at radius 2 is 2.00 bits per heavy atom. The highest BCUT2D eigenvalue weighted by Crippen LogP contribution is 2.55. The number of hydrogen-bond donors (Lipinski definition) is 0. The summed E-state index contributed by atoms with van der Waals surface area (Å²) in [5.41, 5.74) is 3.77. The average molecular weight is 218 g/mol. The summed E-state index contributed by atoms with van der Waals surface area (Å²) in [7, 11) is -1.41. The summed E-state index contributed by atoms with van der Waals surface area (Å²) in [6.07, 6.45) is 1.65. The van der Waals surface area contributed by atoms with Crippen LogP contribution < -0.4 is 0 Å². The number of fused-ring (bicyclic) bond motifs is 3. The molecule has 0 spiro atoms. The fourth-order valence-electron chi connectivity index (χ4n) is 3.13. The lowest BCUT2D eigenvalue weighted by atomic mass is 10.0. The van der Waals surface area contributed by atoms with Crippen molar-refractivity contribution < 1.29 is 4.43 Å². The van der Waals surface area contributed by atoms with E-state index in [0.717, 1.165) is 11.5 Å². The summed E-state index contributed by atoms with van der Waals surface area (Å²) in [6, 6.07) is 8.80. The van der Waals surface area contributed by atoms with Gasteiger partial charge in [-0.05, 0) is 42.1 Å². The topological polar surface area (TPSA) is 9.23 Å². The van der Waals surface area contributed by atoms with Gasteiger partial charge in [-0.15, -0.1) is 0 Å². The molecule has 2 heteroatoms. The summed E-state index contributed by atoms with van der Waals surface area (Å²) in [6.45, 7) is 7.11. The normalized spacial score (nSPS) is 36.3. The van der Waals surface area contributed by atoms with Crippen LogP contribution in [-0.4, -0.2) is 8.32 Å². The Hall–Kier alpha value is -0.603. The molecular weight excluding hydrogens is 200 g/mol. The largest absolute Gasteiger partial charge is 0.410 e. The maximum atomic E-state index is 6.35. The van der Waals surface area contributed by atoms with E-state index in [1.54, 1.807) is 0 Å². The molecule has 0 radical (unpaired) electrons. The van der Waals surface area contributed by atoms with Crippen LogP contribution in [0.3, 0.4) is 0 Å². The zero-order chi connectivity index (χ0) is 10.6. The smallest absolute Gasteiger partial charge is 0.190 e. The second-order valence-electron chi connectivity index (χ2n) is 5.50. The van der Waals surface area contributed by atoms with Crippen molar-refractivity contribution in [3.63, 3.8) is 0 Å². The molecule has 1 aliphatic heterocycles. The number of benzene rings is 1. The highest BCUT2D eigenvalue weighted by Gasteiger charge is 2.51. The summed E-state index contributed by atoms with van der Waals surface area (Å²) < 4.78 is 6.35. The van der Waals surface area contributed by atoms with Gasteiger partial charge in [-0.1, -0.05) is 31.2 Å². The van der Waals surface area contributed by atoms with Crippen LogP contribution in [-0.2, 0) is 10.8 Å². The van der Waals surface area contributed by atoms with Gasteiger partial charge in [0, 0.05) is 0 Å². The molecule has 1 nitrogen and oxygen atoms in total. The van der Waals surface area contributed by atoms with Gasteiger partial charge in [0.1, 0.15) is 0 Å². The van der Waals surface area contributed by atoms with Crippen LogP contribution in [0.4, 0.5) is 0 Å². The Bertz CT molecular complexity index is 399. The fraction of sp³-hybridized carbons (Fsp3) is 0.538. The van der Waals surface area contributed by atoms with Crippen LogP contribution in [0.2, 0.25) is 18.6 Å². The fourth-order valence-corrected chi connectivity index (χ4v) is 5.62. The van der Waals surface area contributed by atoms with Crippen molar-refractivity contribution in [3.05, 3.63) is 35.4 Å². The lowest BCUT2D eigenvalue weighted by Gasteiger charge is -2.22. The van der Waals surface area contributed by atoms with Gasteiger partial charge < -0.3 is 4.43 Å². The van der Waals surface area contributed by atoms with E-state index in [2.05, 4.69) is 44.3 Å². The van der Waals surface area contributed by atoms with Crippen molar-refractivity contribution >= 4 is 8.32 Å². The Labute approximate surface area is 92.6 Å². The first-order valence-electron chi connectivity index (χ1n) is 5.85. The van der Waals surface area contributed by atoms with Gasteiger partial charge in [0.25, 0.3) is 0 Å². The Balaban J connectivity index is 2.03. The first-order valence-corrected chi connectivity index (χ1v) is 8.84. The number of hydrogen-bond acceptors (Lipinski definition) is 1. The SMILES string of the molecule is CC1[C@@H]2Cc3ccccc3[C@H]2O[Si]1(C)C.